The van der Waals surface area contributed by atoms with E-state index in [0.717, 1.165) is 44.9 Å². The normalized spacial score (nSPS) is 16.5. The fourth-order valence-corrected chi connectivity index (χ4v) is 2.44. The third-order valence-corrected chi connectivity index (χ3v) is 3.96. The van der Waals surface area contributed by atoms with Crippen LogP contribution in [0.25, 0.3) is 0 Å². The first-order valence-electron chi connectivity index (χ1n) is 8.00. The lowest BCUT2D eigenvalue weighted by atomic mass is 10.2. The van der Waals surface area contributed by atoms with Crippen LogP contribution in [-0.4, -0.2) is 68.6 Å². The third kappa shape index (κ3) is 6.03. The first-order chi connectivity index (χ1) is 10.6. The Morgan fingerprint density at radius 1 is 1.18 bits per heavy atom. The molecule has 0 spiro atoms. The zero-order chi connectivity index (χ0) is 15.8. The van der Waals surface area contributed by atoms with E-state index in [1.807, 2.05) is 31.2 Å². The molecule has 1 N–H and O–H groups in total. The van der Waals surface area contributed by atoms with E-state index in [-0.39, 0.29) is 12.5 Å². The molecule has 1 heterocycles. The van der Waals surface area contributed by atoms with Gasteiger partial charge in [-0.2, -0.15) is 0 Å². The zero-order valence-electron chi connectivity index (χ0n) is 13.7. The molecule has 1 aromatic carbocycles. The van der Waals surface area contributed by atoms with Gasteiger partial charge in [-0.3, -0.25) is 4.79 Å². The monoisotopic (exact) mass is 305 g/mol. The number of rotatable bonds is 7. The summed E-state index contributed by atoms with van der Waals surface area (Å²) >= 11 is 0. The number of nitrogens with zero attached hydrogens (tertiary/aromatic N) is 2. The van der Waals surface area contributed by atoms with Gasteiger partial charge in [-0.25, -0.2) is 0 Å². The summed E-state index contributed by atoms with van der Waals surface area (Å²) in [5.74, 6) is 0.678. The lowest BCUT2D eigenvalue weighted by Gasteiger charge is -2.32. The Hall–Kier alpha value is -1.59. The van der Waals surface area contributed by atoms with Gasteiger partial charge in [-0.1, -0.05) is 17.7 Å². The SMILES string of the molecule is Cc1ccc(OCC(=O)NCCCN2CCN(C)CC2)cc1. The largest absolute Gasteiger partial charge is 0.484 e. The molecule has 0 saturated carbocycles. The second-order valence-corrected chi connectivity index (χ2v) is 5.95. The van der Waals surface area contributed by atoms with Crippen molar-refractivity contribution in [2.75, 3.05) is 52.9 Å². The standard InChI is InChI=1S/C17H27N3O2/c1-15-4-6-16(7-5-15)22-14-17(21)18-8-3-9-20-12-10-19(2)11-13-20/h4-7H,3,8-14H2,1-2H3,(H,18,21). The van der Waals surface area contributed by atoms with Gasteiger partial charge in [0.25, 0.3) is 5.91 Å². The number of aryl methyl sites for hydroxylation is 1. The van der Waals surface area contributed by atoms with E-state index in [2.05, 4.69) is 22.2 Å². The molecule has 0 bridgehead atoms. The summed E-state index contributed by atoms with van der Waals surface area (Å²) in [6, 6.07) is 7.72. The molecule has 5 nitrogen and oxygen atoms in total. The molecule has 22 heavy (non-hydrogen) atoms. The molecule has 0 radical (unpaired) electrons. The van der Waals surface area contributed by atoms with Crippen LogP contribution in [0.2, 0.25) is 0 Å². The Balaban J connectivity index is 1.53. The molecule has 0 aromatic heterocycles. The molecule has 0 atom stereocenters. The maximum Gasteiger partial charge on any atom is 0.257 e. The molecule has 5 heteroatoms. The topological polar surface area (TPSA) is 44.8 Å². The summed E-state index contributed by atoms with van der Waals surface area (Å²) in [4.78, 5) is 16.5. The highest BCUT2D eigenvalue weighted by Gasteiger charge is 2.12. The van der Waals surface area contributed by atoms with Crippen molar-refractivity contribution < 1.29 is 9.53 Å². The quantitative estimate of drug-likeness (QED) is 0.767. The average molecular weight is 305 g/mol. The van der Waals surface area contributed by atoms with Crippen molar-refractivity contribution in [3.8, 4) is 5.75 Å². The van der Waals surface area contributed by atoms with Crippen molar-refractivity contribution in [2.45, 2.75) is 13.3 Å². The molecule has 2 rings (SSSR count). The first-order valence-corrected chi connectivity index (χ1v) is 8.00. The zero-order valence-corrected chi connectivity index (χ0v) is 13.7. The Bertz CT molecular complexity index is 453. The number of ether oxygens (including phenoxy) is 1. The van der Waals surface area contributed by atoms with Crippen LogP contribution in [-0.2, 0) is 4.79 Å². The van der Waals surface area contributed by atoms with E-state index < -0.39 is 0 Å². The molecule has 1 aromatic rings. The van der Waals surface area contributed by atoms with Gasteiger partial charge in [0, 0.05) is 32.7 Å². The minimum atomic E-state index is -0.0565. The number of hydrogen-bond acceptors (Lipinski definition) is 4. The fourth-order valence-electron chi connectivity index (χ4n) is 2.44. The van der Waals surface area contributed by atoms with Crippen molar-refractivity contribution in [1.29, 1.82) is 0 Å². The predicted molar refractivity (Wildman–Crippen MR) is 88.2 cm³/mol. The van der Waals surface area contributed by atoms with Gasteiger partial charge in [-0.05, 0) is 39.1 Å². The Labute approximate surface area is 133 Å². The Morgan fingerprint density at radius 2 is 1.86 bits per heavy atom. The van der Waals surface area contributed by atoms with Gasteiger partial charge in [0.1, 0.15) is 5.75 Å². The second kappa shape index (κ2) is 8.76. The van der Waals surface area contributed by atoms with Gasteiger partial charge >= 0.3 is 0 Å². The number of nitrogens with one attached hydrogen (secondary N) is 1. The molecule has 122 valence electrons. The van der Waals surface area contributed by atoms with Gasteiger partial charge in [0.15, 0.2) is 6.61 Å². The van der Waals surface area contributed by atoms with E-state index in [1.165, 1.54) is 5.56 Å². The summed E-state index contributed by atoms with van der Waals surface area (Å²) in [5.41, 5.74) is 1.18. The van der Waals surface area contributed by atoms with E-state index in [9.17, 15) is 4.79 Å². The summed E-state index contributed by atoms with van der Waals surface area (Å²) in [6.45, 7) is 8.39. The van der Waals surface area contributed by atoms with Crippen molar-refractivity contribution in [3.05, 3.63) is 29.8 Å². The van der Waals surface area contributed by atoms with Crippen molar-refractivity contribution >= 4 is 5.91 Å². The highest BCUT2D eigenvalue weighted by molar-refractivity contribution is 5.77. The van der Waals surface area contributed by atoms with Crippen LogP contribution in [0.15, 0.2) is 24.3 Å². The molecule has 0 unspecified atom stereocenters. The number of likely N-dealkylation sites (N-methyl/N-ethyl adjacent to an activating group) is 1. The summed E-state index contributed by atoms with van der Waals surface area (Å²) in [6.07, 6.45) is 0.986. The first kappa shape index (κ1) is 16.8. The van der Waals surface area contributed by atoms with Crippen LogP contribution in [0.1, 0.15) is 12.0 Å². The molecule has 0 aliphatic carbocycles. The molecular formula is C17H27N3O2. The van der Waals surface area contributed by atoms with Crippen LogP contribution in [0, 0.1) is 6.92 Å². The highest BCUT2D eigenvalue weighted by atomic mass is 16.5. The fraction of sp³-hybridized carbons (Fsp3) is 0.588. The maximum absolute atomic E-state index is 11.7. The number of carbonyl (C=O) groups excluding carboxylic acids is 1. The summed E-state index contributed by atoms with van der Waals surface area (Å²) in [5, 5.41) is 2.91. The highest BCUT2D eigenvalue weighted by Crippen LogP contribution is 2.10. The van der Waals surface area contributed by atoms with E-state index in [4.69, 9.17) is 4.74 Å². The molecule has 1 aliphatic rings. The number of amides is 1. The number of hydrogen-bond donors (Lipinski definition) is 1. The molecular weight excluding hydrogens is 278 g/mol. The minimum Gasteiger partial charge on any atom is -0.484 e. The van der Waals surface area contributed by atoms with Crippen molar-refractivity contribution in [2.24, 2.45) is 0 Å². The van der Waals surface area contributed by atoms with E-state index >= 15 is 0 Å². The lowest BCUT2D eigenvalue weighted by Crippen LogP contribution is -2.45. The van der Waals surface area contributed by atoms with Crippen LogP contribution >= 0.6 is 0 Å². The maximum atomic E-state index is 11.7. The molecule has 1 amide bonds. The molecule has 1 saturated heterocycles. The lowest BCUT2D eigenvalue weighted by molar-refractivity contribution is -0.123. The number of benzene rings is 1. The van der Waals surface area contributed by atoms with Crippen LogP contribution < -0.4 is 10.1 Å². The number of piperazine rings is 1. The summed E-state index contributed by atoms with van der Waals surface area (Å²) in [7, 11) is 2.16. The van der Waals surface area contributed by atoms with Crippen LogP contribution in [0.5, 0.6) is 5.75 Å². The molecule has 1 aliphatic heterocycles. The van der Waals surface area contributed by atoms with Crippen LogP contribution in [0.3, 0.4) is 0 Å². The third-order valence-electron chi connectivity index (χ3n) is 3.96. The Kier molecular flexibility index (Phi) is 6.68. The predicted octanol–water partition coefficient (Wildman–Crippen LogP) is 1.13. The summed E-state index contributed by atoms with van der Waals surface area (Å²) < 4.78 is 5.45. The van der Waals surface area contributed by atoms with Gasteiger partial charge in [-0.15, -0.1) is 0 Å². The van der Waals surface area contributed by atoms with E-state index in [0.29, 0.717) is 6.54 Å². The Morgan fingerprint density at radius 3 is 2.55 bits per heavy atom. The smallest absolute Gasteiger partial charge is 0.257 e. The number of carbonyl (C=O) groups is 1. The minimum absolute atomic E-state index is 0.0565. The molecule has 1 fully saturated rings. The van der Waals surface area contributed by atoms with Gasteiger partial charge in [0.05, 0.1) is 0 Å². The van der Waals surface area contributed by atoms with Gasteiger partial charge < -0.3 is 19.9 Å². The van der Waals surface area contributed by atoms with Crippen molar-refractivity contribution in [1.82, 2.24) is 15.1 Å². The van der Waals surface area contributed by atoms with Crippen molar-refractivity contribution in [3.63, 3.8) is 0 Å². The van der Waals surface area contributed by atoms with Crippen LogP contribution in [0.4, 0.5) is 0 Å². The van der Waals surface area contributed by atoms with Gasteiger partial charge in [0.2, 0.25) is 0 Å². The van der Waals surface area contributed by atoms with E-state index in [1.54, 1.807) is 0 Å². The second-order valence-electron chi connectivity index (χ2n) is 5.95. The average Bonchev–Trinajstić information content (AvgIpc) is 2.53.